The molecule has 0 amide bonds. The van der Waals surface area contributed by atoms with Crippen LogP contribution in [0.3, 0.4) is 0 Å². The van der Waals surface area contributed by atoms with E-state index in [0.717, 1.165) is 11.3 Å². The van der Waals surface area contributed by atoms with Crippen molar-refractivity contribution < 1.29 is 0 Å². The summed E-state index contributed by atoms with van der Waals surface area (Å²) in [5.41, 5.74) is 7.59. The Balaban J connectivity index is 2.55. The van der Waals surface area contributed by atoms with Gasteiger partial charge in [0.25, 0.3) is 0 Å². The Labute approximate surface area is 94.3 Å². The summed E-state index contributed by atoms with van der Waals surface area (Å²) in [6, 6.07) is 1.68. The van der Waals surface area contributed by atoms with Gasteiger partial charge < -0.3 is 5.73 Å². The first-order valence-corrected chi connectivity index (χ1v) is 5.20. The van der Waals surface area contributed by atoms with E-state index in [-0.39, 0.29) is 0 Å². The Bertz CT molecular complexity index is 501. The Hall–Kier alpha value is -1.91. The molecule has 0 aliphatic heterocycles. The number of aromatic nitrogens is 4. The first-order valence-electron chi connectivity index (χ1n) is 5.20. The molecule has 0 bridgehead atoms. The molecule has 0 saturated heterocycles. The predicted molar refractivity (Wildman–Crippen MR) is 62.7 cm³/mol. The second-order valence-corrected chi connectivity index (χ2v) is 4.06. The highest BCUT2D eigenvalue weighted by molar-refractivity contribution is 5.59. The maximum Gasteiger partial charge on any atom is 0.164 e. The van der Waals surface area contributed by atoms with Crippen LogP contribution >= 0.6 is 0 Å². The van der Waals surface area contributed by atoms with E-state index in [9.17, 15) is 0 Å². The van der Waals surface area contributed by atoms with Crippen LogP contribution in [0, 0.1) is 0 Å². The van der Waals surface area contributed by atoms with Gasteiger partial charge in [-0.05, 0) is 12.0 Å². The zero-order valence-electron chi connectivity index (χ0n) is 9.68. The molecular formula is C11H15N5. The minimum atomic E-state index is 0.334. The Morgan fingerprint density at radius 1 is 1.38 bits per heavy atom. The molecule has 0 aromatic carbocycles. The van der Waals surface area contributed by atoms with Crippen molar-refractivity contribution in [2.45, 2.75) is 19.8 Å². The van der Waals surface area contributed by atoms with Crippen molar-refractivity contribution in [2.75, 3.05) is 5.73 Å². The molecule has 2 aromatic rings. The summed E-state index contributed by atoms with van der Waals surface area (Å²) < 4.78 is 1.78. The number of nitrogens with zero attached hydrogens (tertiary/aromatic N) is 4. The molecule has 0 aliphatic rings. The van der Waals surface area contributed by atoms with Crippen molar-refractivity contribution in [1.82, 2.24) is 19.7 Å². The summed E-state index contributed by atoms with van der Waals surface area (Å²) in [4.78, 5) is 8.43. The van der Waals surface area contributed by atoms with Gasteiger partial charge in [-0.25, -0.2) is 9.97 Å². The van der Waals surface area contributed by atoms with E-state index in [0.29, 0.717) is 17.6 Å². The zero-order valence-corrected chi connectivity index (χ0v) is 9.68. The van der Waals surface area contributed by atoms with Gasteiger partial charge in [-0.15, -0.1) is 0 Å². The average Bonchev–Trinajstić information content (AvgIpc) is 2.60. The van der Waals surface area contributed by atoms with Crippen LogP contribution in [-0.2, 0) is 7.05 Å². The molecule has 0 unspecified atom stereocenters. The molecule has 0 saturated carbocycles. The van der Waals surface area contributed by atoms with Crippen molar-refractivity contribution >= 4 is 5.82 Å². The lowest BCUT2D eigenvalue weighted by Crippen LogP contribution is -1.97. The van der Waals surface area contributed by atoms with Crippen LogP contribution in [0.4, 0.5) is 5.82 Å². The lowest BCUT2D eigenvalue weighted by molar-refractivity contribution is 0.713. The summed E-state index contributed by atoms with van der Waals surface area (Å²) in [7, 11) is 1.89. The van der Waals surface area contributed by atoms with Gasteiger partial charge >= 0.3 is 0 Å². The molecule has 2 heterocycles. The lowest BCUT2D eigenvalue weighted by atomic mass is 10.1. The number of rotatable bonds is 2. The highest BCUT2D eigenvalue weighted by Crippen LogP contribution is 2.25. The summed E-state index contributed by atoms with van der Waals surface area (Å²) in [6.45, 7) is 4.19. The van der Waals surface area contributed by atoms with Crippen LogP contribution in [0.25, 0.3) is 11.4 Å². The largest absolute Gasteiger partial charge is 0.384 e. The minimum absolute atomic E-state index is 0.334. The highest BCUT2D eigenvalue weighted by atomic mass is 15.3. The third-order valence-electron chi connectivity index (χ3n) is 2.32. The molecule has 84 valence electrons. The number of anilines is 1. The quantitative estimate of drug-likeness (QED) is 0.829. The van der Waals surface area contributed by atoms with Gasteiger partial charge in [0.1, 0.15) is 5.82 Å². The van der Waals surface area contributed by atoms with Crippen molar-refractivity contribution in [3.63, 3.8) is 0 Å². The van der Waals surface area contributed by atoms with Crippen LogP contribution < -0.4 is 5.73 Å². The number of hydrogen-bond acceptors (Lipinski definition) is 4. The third kappa shape index (κ3) is 1.88. The van der Waals surface area contributed by atoms with E-state index in [1.807, 2.05) is 13.2 Å². The standard InChI is InChI=1S/C11H15N5/c1-7(2)10-8(6-16(3)15-10)11-13-5-4-9(12)14-11/h4-7H,1-3H3,(H2,12,13,14). The fourth-order valence-electron chi connectivity index (χ4n) is 1.61. The maximum absolute atomic E-state index is 5.65. The second kappa shape index (κ2) is 3.92. The van der Waals surface area contributed by atoms with Gasteiger partial charge in [0.2, 0.25) is 0 Å². The lowest BCUT2D eigenvalue weighted by Gasteiger charge is -2.03. The van der Waals surface area contributed by atoms with Crippen molar-refractivity contribution in [2.24, 2.45) is 7.05 Å². The van der Waals surface area contributed by atoms with Crippen LogP contribution in [0.2, 0.25) is 0 Å². The third-order valence-corrected chi connectivity index (χ3v) is 2.32. The van der Waals surface area contributed by atoms with Gasteiger partial charge in [-0.3, -0.25) is 4.68 Å². The molecule has 0 atom stereocenters. The number of nitrogens with two attached hydrogens (primary N) is 1. The van der Waals surface area contributed by atoms with E-state index in [4.69, 9.17) is 5.73 Å². The molecule has 0 aliphatic carbocycles. The Morgan fingerprint density at radius 3 is 2.75 bits per heavy atom. The number of aryl methyl sites for hydroxylation is 1. The second-order valence-electron chi connectivity index (χ2n) is 4.06. The summed E-state index contributed by atoms with van der Waals surface area (Å²) in [6.07, 6.45) is 3.58. The van der Waals surface area contributed by atoms with Gasteiger partial charge in [0.05, 0.1) is 11.3 Å². The number of nitrogen functional groups attached to an aromatic ring is 1. The van der Waals surface area contributed by atoms with E-state index >= 15 is 0 Å². The van der Waals surface area contributed by atoms with Gasteiger partial charge in [-0.2, -0.15) is 5.10 Å². The van der Waals surface area contributed by atoms with Crippen molar-refractivity contribution in [1.29, 1.82) is 0 Å². The van der Waals surface area contributed by atoms with Gasteiger partial charge in [0.15, 0.2) is 5.82 Å². The van der Waals surface area contributed by atoms with Crippen molar-refractivity contribution in [3.8, 4) is 11.4 Å². The van der Waals surface area contributed by atoms with E-state index in [1.54, 1.807) is 16.9 Å². The Morgan fingerprint density at radius 2 is 2.12 bits per heavy atom. The van der Waals surface area contributed by atoms with E-state index in [1.165, 1.54) is 0 Å². The highest BCUT2D eigenvalue weighted by Gasteiger charge is 2.15. The molecule has 5 nitrogen and oxygen atoms in total. The molecule has 2 aromatic heterocycles. The summed E-state index contributed by atoms with van der Waals surface area (Å²) >= 11 is 0. The first kappa shape index (κ1) is 10.6. The fraction of sp³-hybridized carbons (Fsp3) is 0.364. The van der Waals surface area contributed by atoms with Gasteiger partial charge in [0, 0.05) is 19.4 Å². The van der Waals surface area contributed by atoms with Crippen LogP contribution in [0.5, 0.6) is 0 Å². The molecular weight excluding hydrogens is 202 g/mol. The topological polar surface area (TPSA) is 69.6 Å². The van der Waals surface area contributed by atoms with E-state index in [2.05, 4.69) is 28.9 Å². The van der Waals surface area contributed by atoms with Crippen LogP contribution in [-0.4, -0.2) is 19.7 Å². The van der Waals surface area contributed by atoms with E-state index < -0.39 is 0 Å². The molecule has 16 heavy (non-hydrogen) atoms. The van der Waals surface area contributed by atoms with Crippen LogP contribution in [0.15, 0.2) is 18.5 Å². The molecule has 2 rings (SSSR count). The monoisotopic (exact) mass is 217 g/mol. The molecule has 5 heteroatoms. The smallest absolute Gasteiger partial charge is 0.164 e. The summed E-state index contributed by atoms with van der Waals surface area (Å²) in [5, 5.41) is 4.41. The average molecular weight is 217 g/mol. The normalized spacial score (nSPS) is 11.0. The maximum atomic E-state index is 5.65. The Kier molecular flexibility index (Phi) is 2.60. The predicted octanol–water partition coefficient (Wildman–Crippen LogP) is 1.58. The summed E-state index contributed by atoms with van der Waals surface area (Å²) in [5.74, 6) is 1.45. The molecule has 0 radical (unpaired) electrons. The zero-order chi connectivity index (χ0) is 11.7. The number of hydrogen-bond donors (Lipinski definition) is 1. The SMILES string of the molecule is CC(C)c1nn(C)cc1-c1nccc(N)n1. The first-order chi connectivity index (χ1) is 7.58. The van der Waals surface area contributed by atoms with Crippen molar-refractivity contribution in [3.05, 3.63) is 24.2 Å². The van der Waals surface area contributed by atoms with Crippen LogP contribution in [0.1, 0.15) is 25.5 Å². The fourth-order valence-corrected chi connectivity index (χ4v) is 1.61. The molecule has 2 N–H and O–H groups in total. The molecule has 0 spiro atoms. The molecule has 0 fully saturated rings. The minimum Gasteiger partial charge on any atom is -0.384 e. The van der Waals surface area contributed by atoms with Gasteiger partial charge in [-0.1, -0.05) is 13.8 Å².